The van der Waals surface area contributed by atoms with Crippen molar-refractivity contribution in [3.05, 3.63) is 41.2 Å². The summed E-state index contributed by atoms with van der Waals surface area (Å²) in [5, 5.41) is 3.47. The second-order valence-corrected chi connectivity index (χ2v) is 8.24. The Labute approximate surface area is 165 Å². The van der Waals surface area contributed by atoms with Crippen molar-refractivity contribution in [2.24, 2.45) is 4.99 Å². The Morgan fingerprint density at radius 1 is 1.11 bits per heavy atom. The van der Waals surface area contributed by atoms with Crippen LogP contribution in [0.15, 0.2) is 29.5 Å². The summed E-state index contributed by atoms with van der Waals surface area (Å²) >= 11 is 0. The molecule has 2 rings (SSSR count). The maximum absolute atomic E-state index is 4.74. The van der Waals surface area contributed by atoms with Gasteiger partial charge in [-0.3, -0.25) is 4.99 Å². The van der Waals surface area contributed by atoms with E-state index in [2.05, 4.69) is 100 Å². The molecule has 0 aliphatic carbocycles. The molecule has 5 nitrogen and oxygen atoms in total. The number of rotatable bonds is 6. The second-order valence-electron chi connectivity index (χ2n) is 8.24. The molecule has 0 unspecified atom stereocenters. The molecule has 5 heteroatoms. The Morgan fingerprint density at radius 3 is 2.30 bits per heavy atom. The van der Waals surface area contributed by atoms with E-state index in [9.17, 15) is 0 Å². The molecule has 1 N–H and O–H groups in total. The first-order valence-electron chi connectivity index (χ1n) is 9.99. The summed E-state index contributed by atoms with van der Waals surface area (Å²) < 4.78 is 0. The van der Waals surface area contributed by atoms with Gasteiger partial charge in [-0.15, -0.1) is 0 Å². The quantitative estimate of drug-likeness (QED) is 0.608. The van der Waals surface area contributed by atoms with Gasteiger partial charge in [0.1, 0.15) is 0 Å². The number of hydrogen-bond donors (Lipinski definition) is 1. The van der Waals surface area contributed by atoms with Gasteiger partial charge >= 0.3 is 0 Å². The number of guanidine groups is 1. The van der Waals surface area contributed by atoms with Crippen molar-refractivity contribution in [3.8, 4) is 0 Å². The Balaban J connectivity index is 1.96. The molecule has 0 aromatic heterocycles. The average Bonchev–Trinajstić information content (AvgIpc) is 2.98. The summed E-state index contributed by atoms with van der Waals surface area (Å²) in [6.07, 6.45) is 4.39. The van der Waals surface area contributed by atoms with Gasteiger partial charge < -0.3 is 20.0 Å². The fraction of sp³-hybridized carbons (Fsp3) is 0.591. The Bertz CT molecular complexity index is 667. The minimum Gasteiger partial charge on any atom is -0.356 e. The van der Waals surface area contributed by atoms with Gasteiger partial charge in [0.25, 0.3) is 0 Å². The maximum Gasteiger partial charge on any atom is 0.194 e. The minimum absolute atomic E-state index is 0.281. The number of hydrogen-bond acceptors (Lipinski definition) is 3. The van der Waals surface area contributed by atoms with Crippen LogP contribution in [0.25, 0.3) is 0 Å². The fourth-order valence-corrected chi connectivity index (χ4v) is 3.51. The first-order chi connectivity index (χ1) is 12.7. The minimum atomic E-state index is 0.281. The third-order valence-electron chi connectivity index (χ3n) is 4.60. The van der Waals surface area contributed by atoms with Gasteiger partial charge in [-0.2, -0.15) is 0 Å². The molecular weight excluding hydrogens is 334 g/mol. The van der Waals surface area contributed by atoms with Gasteiger partial charge in [-0.25, -0.2) is 0 Å². The average molecular weight is 372 g/mol. The number of aryl methyl sites for hydroxylation is 3. The van der Waals surface area contributed by atoms with E-state index in [4.69, 9.17) is 4.99 Å². The van der Waals surface area contributed by atoms with Crippen LogP contribution < -0.4 is 10.2 Å². The first kappa shape index (κ1) is 21.1. The van der Waals surface area contributed by atoms with E-state index in [-0.39, 0.29) is 6.04 Å². The number of benzene rings is 1. The lowest BCUT2D eigenvalue weighted by atomic mass is 10.0. The molecule has 1 aliphatic heterocycles. The number of nitrogens with zero attached hydrogens (tertiary/aromatic N) is 4. The summed E-state index contributed by atoms with van der Waals surface area (Å²) in [5.41, 5.74) is 5.33. The second kappa shape index (κ2) is 9.16. The molecule has 0 bridgehead atoms. The van der Waals surface area contributed by atoms with Crippen LogP contribution in [0, 0.1) is 20.8 Å². The number of aliphatic imine (C=N–C) groups is 1. The number of nitrogens with one attached hydrogen (secondary N) is 1. The zero-order valence-corrected chi connectivity index (χ0v) is 18.4. The van der Waals surface area contributed by atoms with Gasteiger partial charge in [-0.05, 0) is 59.6 Å². The predicted octanol–water partition coefficient (Wildman–Crippen LogP) is 3.86. The van der Waals surface area contributed by atoms with E-state index >= 15 is 0 Å². The van der Waals surface area contributed by atoms with Gasteiger partial charge in [0.2, 0.25) is 0 Å². The molecule has 0 spiro atoms. The zero-order valence-electron chi connectivity index (χ0n) is 18.4. The molecule has 0 fully saturated rings. The number of anilines is 1. The van der Waals surface area contributed by atoms with Crippen molar-refractivity contribution in [1.29, 1.82) is 0 Å². The molecule has 0 radical (unpaired) electrons. The van der Waals surface area contributed by atoms with Crippen molar-refractivity contribution in [2.45, 2.75) is 60.5 Å². The smallest absolute Gasteiger partial charge is 0.194 e. The summed E-state index contributed by atoms with van der Waals surface area (Å²) in [6, 6.07) is 5.18. The van der Waals surface area contributed by atoms with Gasteiger partial charge in [0.15, 0.2) is 5.96 Å². The van der Waals surface area contributed by atoms with Gasteiger partial charge in [0.05, 0.1) is 6.67 Å². The standard InChI is InChI=1S/C22H37N5/c1-16(2)23-22(24-17(3)4)25(8)9-10-26-11-12-27(15-26)21-19(6)13-18(5)14-20(21)7/h11-14,16-17H,9-10,15H2,1-8H3,(H,23,24). The molecule has 1 heterocycles. The molecular formula is C22H37N5. The van der Waals surface area contributed by atoms with E-state index in [1.807, 2.05) is 0 Å². The van der Waals surface area contributed by atoms with Crippen LogP contribution in [0.5, 0.6) is 0 Å². The predicted molar refractivity (Wildman–Crippen MR) is 117 cm³/mol. The van der Waals surface area contributed by atoms with E-state index in [0.717, 1.165) is 25.7 Å². The van der Waals surface area contributed by atoms with Crippen molar-refractivity contribution in [2.75, 3.05) is 31.7 Å². The lowest BCUT2D eigenvalue weighted by Crippen LogP contribution is -2.45. The SMILES string of the molecule is Cc1cc(C)c(N2C=CN(CCN(C)C(=NC(C)C)NC(C)C)C2)c(C)c1. The largest absolute Gasteiger partial charge is 0.356 e. The molecule has 27 heavy (non-hydrogen) atoms. The lowest BCUT2D eigenvalue weighted by Gasteiger charge is -2.28. The third kappa shape index (κ3) is 5.91. The topological polar surface area (TPSA) is 34.1 Å². The lowest BCUT2D eigenvalue weighted by molar-refractivity contribution is 0.349. The Kier molecular flexibility index (Phi) is 7.17. The van der Waals surface area contributed by atoms with Crippen LogP contribution in [0.2, 0.25) is 0 Å². The highest BCUT2D eigenvalue weighted by atomic mass is 15.4. The van der Waals surface area contributed by atoms with Crippen LogP contribution in [0.4, 0.5) is 5.69 Å². The van der Waals surface area contributed by atoms with E-state index < -0.39 is 0 Å². The van der Waals surface area contributed by atoms with Crippen molar-refractivity contribution in [1.82, 2.24) is 15.1 Å². The molecule has 0 saturated carbocycles. The fourth-order valence-electron chi connectivity index (χ4n) is 3.51. The normalized spacial score (nSPS) is 14.7. The maximum atomic E-state index is 4.74. The van der Waals surface area contributed by atoms with Gasteiger partial charge in [0, 0.05) is 50.3 Å². The summed E-state index contributed by atoms with van der Waals surface area (Å²) in [6.45, 7) is 17.9. The number of likely N-dealkylation sites (N-methyl/N-ethyl adjacent to an activating group) is 1. The molecule has 1 aromatic carbocycles. The van der Waals surface area contributed by atoms with Crippen LogP contribution in [0.3, 0.4) is 0 Å². The van der Waals surface area contributed by atoms with Crippen LogP contribution in [-0.2, 0) is 0 Å². The van der Waals surface area contributed by atoms with E-state index in [0.29, 0.717) is 6.04 Å². The first-order valence-corrected chi connectivity index (χ1v) is 9.99. The van der Waals surface area contributed by atoms with Crippen LogP contribution >= 0.6 is 0 Å². The Morgan fingerprint density at radius 2 is 1.74 bits per heavy atom. The van der Waals surface area contributed by atoms with Crippen LogP contribution in [0.1, 0.15) is 44.4 Å². The zero-order chi connectivity index (χ0) is 20.1. The monoisotopic (exact) mass is 371 g/mol. The molecule has 0 saturated heterocycles. The highest BCUT2D eigenvalue weighted by Gasteiger charge is 2.18. The van der Waals surface area contributed by atoms with Crippen molar-refractivity contribution in [3.63, 3.8) is 0 Å². The Hall–Kier alpha value is -2.17. The van der Waals surface area contributed by atoms with Gasteiger partial charge in [-0.1, -0.05) is 17.7 Å². The highest BCUT2D eigenvalue weighted by molar-refractivity contribution is 5.80. The molecule has 0 amide bonds. The highest BCUT2D eigenvalue weighted by Crippen LogP contribution is 2.28. The van der Waals surface area contributed by atoms with Crippen molar-refractivity contribution >= 4 is 11.6 Å². The summed E-state index contributed by atoms with van der Waals surface area (Å²) in [5.74, 6) is 0.977. The van der Waals surface area contributed by atoms with E-state index in [1.54, 1.807) is 0 Å². The third-order valence-corrected chi connectivity index (χ3v) is 4.60. The van der Waals surface area contributed by atoms with Crippen molar-refractivity contribution < 1.29 is 0 Å². The summed E-state index contributed by atoms with van der Waals surface area (Å²) in [4.78, 5) is 11.7. The molecule has 1 aliphatic rings. The molecule has 150 valence electrons. The molecule has 1 aromatic rings. The summed E-state index contributed by atoms with van der Waals surface area (Å²) in [7, 11) is 2.11. The van der Waals surface area contributed by atoms with E-state index in [1.165, 1.54) is 22.4 Å². The van der Waals surface area contributed by atoms with Crippen LogP contribution in [-0.4, -0.2) is 54.6 Å². The molecule has 0 atom stereocenters.